The number of amides is 1. The summed E-state index contributed by atoms with van der Waals surface area (Å²) in [5.74, 6) is -0.267. The molecule has 0 radical (unpaired) electrons. The van der Waals surface area contributed by atoms with E-state index in [2.05, 4.69) is 10.0 Å². The van der Waals surface area contributed by atoms with E-state index in [4.69, 9.17) is 4.74 Å². The molecule has 0 saturated carbocycles. The third-order valence-electron chi connectivity index (χ3n) is 4.05. The smallest absolute Gasteiger partial charge is 0.265 e. The van der Waals surface area contributed by atoms with Gasteiger partial charge in [0.2, 0.25) is 0 Å². The number of para-hydroxylation sites is 1. The molecule has 2 N–H and O–H groups in total. The van der Waals surface area contributed by atoms with Crippen molar-refractivity contribution in [2.45, 2.75) is 11.8 Å². The van der Waals surface area contributed by atoms with E-state index in [1.54, 1.807) is 48.5 Å². The minimum atomic E-state index is -3.95. The van der Waals surface area contributed by atoms with Crippen LogP contribution < -0.4 is 14.8 Å². The van der Waals surface area contributed by atoms with Crippen molar-refractivity contribution in [2.24, 2.45) is 0 Å². The largest absolute Gasteiger partial charge is 0.495 e. The highest BCUT2D eigenvalue weighted by atomic mass is 32.2. The van der Waals surface area contributed by atoms with E-state index in [1.165, 1.54) is 25.3 Å². The number of carbonyl (C=O) groups excluding carboxylic acids is 1. The van der Waals surface area contributed by atoms with Gasteiger partial charge in [-0.25, -0.2) is 8.42 Å². The third kappa shape index (κ3) is 4.50. The molecule has 3 aromatic carbocycles. The fraction of sp³-hybridized carbons (Fsp3) is 0.0952. The van der Waals surface area contributed by atoms with Crippen LogP contribution in [0.2, 0.25) is 0 Å². The fourth-order valence-corrected chi connectivity index (χ4v) is 3.84. The van der Waals surface area contributed by atoms with Gasteiger partial charge in [0.1, 0.15) is 10.6 Å². The van der Waals surface area contributed by atoms with Crippen molar-refractivity contribution in [1.82, 2.24) is 0 Å². The standard InChI is InChI=1S/C21H20N2O4S/c1-15-8-11-18(12-9-15)23-28(25,26)20-14-16(10-13-19(20)27-2)21(24)22-17-6-4-3-5-7-17/h3-14,23H,1-2H3,(H,22,24). The SMILES string of the molecule is COc1ccc(C(=O)Nc2ccccc2)cc1S(=O)(=O)Nc1ccc(C)cc1. The topological polar surface area (TPSA) is 84.5 Å². The Kier molecular flexibility index (Phi) is 5.65. The van der Waals surface area contributed by atoms with E-state index in [-0.39, 0.29) is 16.2 Å². The number of methoxy groups -OCH3 is 1. The van der Waals surface area contributed by atoms with Crippen molar-refractivity contribution in [3.8, 4) is 5.75 Å². The molecule has 0 saturated heterocycles. The molecular formula is C21H20N2O4S. The highest BCUT2D eigenvalue weighted by Gasteiger charge is 2.22. The number of ether oxygens (including phenoxy) is 1. The number of sulfonamides is 1. The Morgan fingerprint density at radius 3 is 2.21 bits per heavy atom. The van der Waals surface area contributed by atoms with E-state index < -0.39 is 15.9 Å². The van der Waals surface area contributed by atoms with Crippen LogP contribution >= 0.6 is 0 Å². The second-order valence-corrected chi connectivity index (χ2v) is 7.81. The van der Waals surface area contributed by atoms with Crippen LogP contribution in [0.5, 0.6) is 5.75 Å². The molecule has 28 heavy (non-hydrogen) atoms. The summed E-state index contributed by atoms with van der Waals surface area (Å²) >= 11 is 0. The molecule has 1 amide bonds. The highest BCUT2D eigenvalue weighted by molar-refractivity contribution is 7.92. The Balaban J connectivity index is 1.91. The predicted molar refractivity (Wildman–Crippen MR) is 109 cm³/mol. The monoisotopic (exact) mass is 396 g/mol. The number of hydrogen-bond acceptors (Lipinski definition) is 4. The zero-order valence-electron chi connectivity index (χ0n) is 15.5. The second kappa shape index (κ2) is 8.14. The number of rotatable bonds is 6. The van der Waals surface area contributed by atoms with Crippen LogP contribution in [-0.2, 0) is 10.0 Å². The second-order valence-electron chi connectivity index (χ2n) is 6.16. The predicted octanol–water partition coefficient (Wildman–Crippen LogP) is 4.06. The number of aryl methyl sites for hydroxylation is 1. The first-order valence-corrected chi connectivity index (χ1v) is 10.0. The van der Waals surface area contributed by atoms with Gasteiger partial charge in [0.05, 0.1) is 7.11 Å². The average Bonchev–Trinajstić information content (AvgIpc) is 2.70. The summed E-state index contributed by atoms with van der Waals surface area (Å²) in [6.45, 7) is 1.91. The van der Waals surface area contributed by atoms with Crippen molar-refractivity contribution in [3.05, 3.63) is 83.9 Å². The lowest BCUT2D eigenvalue weighted by atomic mass is 10.2. The maximum Gasteiger partial charge on any atom is 0.265 e. The molecule has 0 unspecified atom stereocenters. The van der Waals surface area contributed by atoms with Gasteiger partial charge in [-0.2, -0.15) is 0 Å². The molecule has 3 aromatic rings. The van der Waals surface area contributed by atoms with Crippen molar-refractivity contribution in [3.63, 3.8) is 0 Å². The van der Waals surface area contributed by atoms with Gasteiger partial charge < -0.3 is 10.1 Å². The highest BCUT2D eigenvalue weighted by Crippen LogP contribution is 2.27. The van der Waals surface area contributed by atoms with E-state index in [0.29, 0.717) is 11.4 Å². The first kappa shape index (κ1) is 19.4. The minimum Gasteiger partial charge on any atom is -0.495 e. The zero-order chi connectivity index (χ0) is 20.1. The molecule has 3 rings (SSSR count). The van der Waals surface area contributed by atoms with Crippen LogP contribution in [0.1, 0.15) is 15.9 Å². The zero-order valence-corrected chi connectivity index (χ0v) is 16.3. The van der Waals surface area contributed by atoms with Crippen molar-refractivity contribution < 1.29 is 17.9 Å². The fourth-order valence-electron chi connectivity index (χ4n) is 2.58. The Bertz CT molecular complexity index is 1080. The van der Waals surface area contributed by atoms with Crippen LogP contribution in [0.15, 0.2) is 77.7 Å². The lowest BCUT2D eigenvalue weighted by molar-refractivity contribution is 0.102. The Hall–Kier alpha value is -3.32. The molecule has 0 aromatic heterocycles. The van der Waals surface area contributed by atoms with Crippen LogP contribution in [0.25, 0.3) is 0 Å². The first-order chi connectivity index (χ1) is 13.4. The summed E-state index contributed by atoms with van der Waals surface area (Å²) in [6, 6.07) is 20.2. The lowest BCUT2D eigenvalue weighted by Crippen LogP contribution is -2.17. The van der Waals surface area contributed by atoms with Gasteiger partial charge in [-0.05, 0) is 49.4 Å². The number of carbonyl (C=O) groups is 1. The Morgan fingerprint density at radius 1 is 0.893 bits per heavy atom. The molecule has 0 aliphatic carbocycles. The van der Waals surface area contributed by atoms with Crippen molar-refractivity contribution in [1.29, 1.82) is 0 Å². The summed E-state index contributed by atoms with van der Waals surface area (Å²) in [5, 5.41) is 2.74. The number of hydrogen-bond donors (Lipinski definition) is 2. The molecule has 144 valence electrons. The summed E-state index contributed by atoms with van der Waals surface area (Å²) in [4.78, 5) is 12.4. The van der Waals surface area contributed by atoms with Crippen LogP contribution in [0.4, 0.5) is 11.4 Å². The molecule has 0 atom stereocenters. The van der Waals surface area contributed by atoms with Crippen LogP contribution in [0, 0.1) is 6.92 Å². The molecule has 0 aliphatic rings. The quantitative estimate of drug-likeness (QED) is 0.658. The summed E-state index contributed by atoms with van der Waals surface area (Å²) in [7, 11) is -2.57. The van der Waals surface area contributed by atoms with Gasteiger partial charge in [0.15, 0.2) is 0 Å². The number of benzene rings is 3. The van der Waals surface area contributed by atoms with Gasteiger partial charge in [-0.15, -0.1) is 0 Å². The van der Waals surface area contributed by atoms with Gasteiger partial charge in [0, 0.05) is 16.9 Å². The van der Waals surface area contributed by atoms with Gasteiger partial charge in [0.25, 0.3) is 15.9 Å². The molecule has 0 fully saturated rings. The van der Waals surface area contributed by atoms with E-state index >= 15 is 0 Å². The normalized spacial score (nSPS) is 10.9. The number of nitrogens with one attached hydrogen (secondary N) is 2. The first-order valence-electron chi connectivity index (χ1n) is 8.53. The lowest BCUT2D eigenvalue weighted by Gasteiger charge is -2.13. The van der Waals surface area contributed by atoms with E-state index in [1.807, 2.05) is 13.0 Å². The maximum absolute atomic E-state index is 12.9. The molecule has 0 heterocycles. The van der Waals surface area contributed by atoms with Crippen molar-refractivity contribution >= 4 is 27.3 Å². The molecule has 6 nitrogen and oxygen atoms in total. The van der Waals surface area contributed by atoms with E-state index in [0.717, 1.165) is 5.56 Å². The Labute approximate surface area is 164 Å². The molecule has 7 heteroatoms. The maximum atomic E-state index is 12.9. The minimum absolute atomic E-state index is 0.115. The van der Waals surface area contributed by atoms with Gasteiger partial charge in [-0.3, -0.25) is 9.52 Å². The summed E-state index contributed by atoms with van der Waals surface area (Å²) in [5.41, 5.74) is 2.26. The number of anilines is 2. The molecule has 0 aliphatic heterocycles. The van der Waals surface area contributed by atoms with Crippen LogP contribution in [-0.4, -0.2) is 21.4 Å². The molecular weight excluding hydrogens is 376 g/mol. The third-order valence-corrected chi connectivity index (χ3v) is 5.45. The van der Waals surface area contributed by atoms with Gasteiger partial charge >= 0.3 is 0 Å². The summed E-state index contributed by atoms with van der Waals surface area (Å²) < 4.78 is 33.5. The van der Waals surface area contributed by atoms with Crippen molar-refractivity contribution in [2.75, 3.05) is 17.1 Å². The summed E-state index contributed by atoms with van der Waals surface area (Å²) in [6.07, 6.45) is 0. The molecule has 0 bridgehead atoms. The van der Waals surface area contributed by atoms with E-state index in [9.17, 15) is 13.2 Å². The van der Waals surface area contributed by atoms with Gasteiger partial charge in [-0.1, -0.05) is 35.9 Å². The average molecular weight is 396 g/mol. The van der Waals surface area contributed by atoms with Crippen LogP contribution in [0.3, 0.4) is 0 Å². The Morgan fingerprint density at radius 2 is 1.57 bits per heavy atom. The molecule has 0 spiro atoms.